The van der Waals surface area contributed by atoms with Crippen molar-refractivity contribution in [3.8, 4) is 0 Å². The van der Waals surface area contributed by atoms with Gasteiger partial charge in [-0.15, -0.1) is 0 Å². The van der Waals surface area contributed by atoms with Gasteiger partial charge in [-0.1, -0.05) is 19.8 Å². The fourth-order valence-electron chi connectivity index (χ4n) is 2.25. The van der Waals surface area contributed by atoms with E-state index in [-0.39, 0.29) is 0 Å². The highest BCUT2D eigenvalue weighted by Crippen LogP contribution is 2.54. The van der Waals surface area contributed by atoms with Crippen LogP contribution < -0.4 is 0 Å². The second kappa shape index (κ2) is 10.7. The van der Waals surface area contributed by atoms with Gasteiger partial charge in [0.25, 0.3) is 0 Å². The maximum absolute atomic E-state index is 12.2. The van der Waals surface area contributed by atoms with Crippen LogP contribution >= 0.6 is 0 Å². The van der Waals surface area contributed by atoms with Crippen LogP contribution in [-0.4, -0.2) is 59.3 Å². The molecule has 180 valence electrons. The molecule has 0 aromatic heterocycles. The molecule has 0 aliphatic carbocycles. The Hall–Kier alpha value is -0.700. The molecule has 30 heavy (non-hydrogen) atoms. The average Bonchev–Trinajstić information content (AvgIpc) is 3.06. The van der Waals surface area contributed by atoms with Crippen LogP contribution in [0.4, 0.5) is 39.5 Å². The lowest BCUT2D eigenvalue weighted by Gasteiger charge is -2.34. The van der Waals surface area contributed by atoms with Gasteiger partial charge in [-0.25, -0.2) is 8.42 Å². The number of hydrogen-bond donors (Lipinski definition) is 0. The van der Waals surface area contributed by atoms with Crippen molar-refractivity contribution < 1.29 is 57.3 Å². The molecule has 0 amide bonds. The lowest BCUT2D eigenvalue weighted by atomic mass is 10.1. The Labute approximate surface area is 170 Å². The molecule has 1 aliphatic heterocycles. The summed E-state index contributed by atoms with van der Waals surface area (Å²) in [5.41, 5.74) is 0. The van der Waals surface area contributed by atoms with Crippen LogP contribution in [0.1, 0.15) is 45.4 Å². The summed E-state index contributed by atoms with van der Waals surface area (Å²) in [6.07, 6.45) is -0.0241. The Balaban J connectivity index is 0.000000579. The molecule has 1 fully saturated rings. The Kier molecular flexibility index (Phi) is 10.5. The third-order valence-electron chi connectivity index (χ3n) is 3.97. The van der Waals surface area contributed by atoms with Crippen LogP contribution in [0.15, 0.2) is 0 Å². The summed E-state index contributed by atoms with van der Waals surface area (Å²) in [7, 11) is -6.93. The van der Waals surface area contributed by atoms with E-state index >= 15 is 0 Å². The van der Waals surface area contributed by atoms with E-state index < -0.39 is 33.4 Å². The van der Waals surface area contributed by atoms with Crippen LogP contribution in [0.3, 0.4) is 0 Å². The van der Waals surface area contributed by atoms with Crippen molar-refractivity contribution in [1.82, 2.24) is 0 Å². The smallest absolute Gasteiger partial charge is 0.460 e. The number of carbonyl (C=O) groups is 1. The summed E-state index contributed by atoms with van der Waals surface area (Å²) in [5.74, 6) is -10.7. The first-order valence-corrected chi connectivity index (χ1v) is 11.8. The highest BCUT2D eigenvalue weighted by molar-refractivity contribution is 7.97. The van der Waals surface area contributed by atoms with E-state index in [1.165, 1.54) is 37.2 Å². The third kappa shape index (κ3) is 7.18. The number of ketones is 1. The number of hydrogen-bond acceptors (Lipinski definition) is 4. The van der Waals surface area contributed by atoms with E-state index in [2.05, 4.69) is 6.92 Å². The third-order valence-corrected chi connectivity index (χ3v) is 7.32. The van der Waals surface area contributed by atoms with Crippen molar-refractivity contribution in [2.75, 3.05) is 17.3 Å². The lowest BCUT2D eigenvalue weighted by molar-refractivity contribution is -0.382. The fraction of sp³-hybridized carbons (Fsp3) is 0.933. The maximum atomic E-state index is 12.2. The van der Waals surface area contributed by atoms with Crippen molar-refractivity contribution in [3.05, 3.63) is 0 Å². The summed E-state index contributed by atoms with van der Waals surface area (Å²) in [4.78, 5) is 11.5. The first-order valence-electron chi connectivity index (χ1n) is 8.64. The van der Waals surface area contributed by atoms with Gasteiger partial charge in [0, 0.05) is 6.42 Å². The van der Waals surface area contributed by atoms with Crippen molar-refractivity contribution in [3.63, 3.8) is 0 Å². The lowest BCUT2D eigenvalue weighted by Crippen LogP contribution is -2.63. The van der Waals surface area contributed by atoms with Gasteiger partial charge >= 0.3 is 23.3 Å². The predicted molar refractivity (Wildman–Crippen MR) is 90.9 cm³/mol. The van der Waals surface area contributed by atoms with E-state index in [0.29, 0.717) is 16.7 Å². The molecule has 0 unspecified atom stereocenters. The summed E-state index contributed by atoms with van der Waals surface area (Å²) in [6.45, 7) is 2.18. The number of alkyl halides is 9. The van der Waals surface area contributed by atoms with Crippen molar-refractivity contribution in [1.29, 1.82) is 0 Å². The van der Waals surface area contributed by atoms with Gasteiger partial charge in [0.2, 0.25) is 0 Å². The average molecular weight is 500 g/mol. The predicted octanol–water partition coefficient (Wildman–Crippen LogP) is 4.51. The quantitative estimate of drug-likeness (QED) is 0.202. The number of carbonyl (C=O) groups excluding carboxylic acids is 1. The summed E-state index contributed by atoms with van der Waals surface area (Å²) in [5, 5.41) is -7.11. The minimum Gasteiger partial charge on any atom is -0.743 e. The summed E-state index contributed by atoms with van der Waals surface area (Å²) < 4.78 is 135. The zero-order valence-electron chi connectivity index (χ0n) is 15.7. The molecule has 1 aliphatic rings. The largest absolute Gasteiger partial charge is 0.743 e. The van der Waals surface area contributed by atoms with Gasteiger partial charge in [-0.05, 0) is 30.2 Å². The van der Waals surface area contributed by atoms with E-state index in [1.54, 1.807) is 0 Å². The van der Waals surface area contributed by atoms with E-state index in [0.717, 1.165) is 18.6 Å². The molecule has 0 aromatic rings. The van der Waals surface area contributed by atoms with Crippen LogP contribution in [0, 0.1) is 0 Å². The van der Waals surface area contributed by atoms with Crippen molar-refractivity contribution in [2.45, 2.75) is 68.7 Å². The number of Topliss-reactive ketones (excluding diaryl/α,β-unsaturated/α-hetero) is 1. The minimum atomic E-state index is -7.43. The topological polar surface area (TPSA) is 74.3 Å². The molecule has 1 saturated heterocycles. The number of halogens is 9. The highest BCUT2D eigenvalue weighted by atomic mass is 32.2. The zero-order valence-corrected chi connectivity index (χ0v) is 17.3. The summed E-state index contributed by atoms with van der Waals surface area (Å²) >= 11 is 0. The first kappa shape index (κ1) is 29.3. The molecule has 0 atom stereocenters. The fourth-order valence-corrected chi connectivity index (χ4v) is 5.01. The molecule has 1 heterocycles. The highest BCUT2D eigenvalue weighted by Gasteiger charge is 2.83. The van der Waals surface area contributed by atoms with Gasteiger partial charge in [0.15, 0.2) is 21.7 Å². The molecule has 0 spiro atoms. The minimum absolute atomic E-state index is 0.488. The SMILES string of the molecule is CCCCCC(=O)C[S+]1CCCC1.O=S(=O)([O-])C(F)(F)C(F)(F)C(F)(F)C(F)(F)F. The first-order chi connectivity index (χ1) is 13.3. The second-order valence-electron chi connectivity index (χ2n) is 6.49. The van der Waals surface area contributed by atoms with E-state index in [1.807, 2.05) is 0 Å². The van der Waals surface area contributed by atoms with Gasteiger partial charge in [-0.3, -0.25) is 4.79 Å². The Morgan fingerprint density at radius 1 is 0.900 bits per heavy atom. The number of unbranched alkanes of at least 4 members (excludes halogenated alkanes) is 2. The molecule has 1 rings (SSSR count). The molecular weight excluding hydrogens is 479 g/mol. The van der Waals surface area contributed by atoms with Crippen LogP contribution in [-0.2, 0) is 25.8 Å². The Bertz CT molecular complexity index is 658. The van der Waals surface area contributed by atoms with Gasteiger partial charge in [0.1, 0.15) is 11.5 Å². The molecule has 0 N–H and O–H groups in total. The summed E-state index contributed by atoms with van der Waals surface area (Å²) in [6, 6.07) is 0. The van der Waals surface area contributed by atoms with Gasteiger partial charge in [-0.2, -0.15) is 39.5 Å². The maximum Gasteiger partial charge on any atom is 0.460 e. The van der Waals surface area contributed by atoms with Crippen LogP contribution in [0.2, 0.25) is 0 Å². The molecule has 15 heteroatoms. The normalized spacial score (nSPS) is 16.9. The Morgan fingerprint density at radius 2 is 1.37 bits per heavy atom. The van der Waals surface area contributed by atoms with Crippen molar-refractivity contribution >= 4 is 26.8 Å². The van der Waals surface area contributed by atoms with Crippen LogP contribution in [0.5, 0.6) is 0 Å². The zero-order chi connectivity index (χ0) is 24.0. The second-order valence-corrected chi connectivity index (χ2v) is 10.2. The van der Waals surface area contributed by atoms with Crippen molar-refractivity contribution in [2.24, 2.45) is 0 Å². The molecule has 0 radical (unpaired) electrons. The van der Waals surface area contributed by atoms with Gasteiger partial charge in [0.05, 0.1) is 0 Å². The Morgan fingerprint density at radius 3 is 1.73 bits per heavy atom. The number of rotatable bonds is 9. The standard InChI is InChI=1S/C11H21OS.C4HF9O3S/c1-2-3-4-7-11(12)10-13-8-5-6-9-13;5-1(6,3(9,10)11)2(7,8)4(12,13)17(14,15)16/h2-10H2,1H3;(H,14,15,16)/q+1;/p-1. The van der Waals surface area contributed by atoms with E-state index in [4.69, 9.17) is 0 Å². The van der Waals surface area contributed by atoms with E-state index in [9.17, 15) is 57.3 Å². The molecule has 0 saturated carbocycles. The molecule has 0 bridgehead atoms. The molecule has 0 aromatic carbocycles. The molecular formula is C15H21F9O4S2. The van der Waals surface area contributed by atoms with Gasteiger partial charge < -0.3 is 4.55 Å². The molecule has 4 nitrogen and oxygen atoms in total. The van der Waals surface area contributed by atoms with Crippen LogP contribution in [0.25, 0.3) is 0 Å². The monoisotopic (exact) mass is 500 g/mol.